The molecule has 0 radical (unpaired) electrons. The molecule has 1 unspecified atom stereocenters. The lowest BCUT2D eigenvalue weighted by atomic mass is 9.92. The van der Waals surface area contributed by atoms with Crippen molar-refractivity contribution in [2.75, 3.05) is 32.8 Å². The summed E-state index contributed by atoms with van der Waals surface area (Å²) in [7, 11) is 0. The molecule has 4 nitrogen and oxygen atoms in total. The maximum Gasteiger partial charge on any atom is 0.145 e. The third-order valence-electron chi connectivity index (χ3n) is 6.55. The van der Waals surface area contributed by atoms with Crippen LogP contribution in [0.4, 0.5) is 0 Å². The van der Waals surface area contributed by atoms with Gasteiger partial charge in [-0.2, -0.15) is 0 Å². The molecule has 2 saturated heterocycles. The van der Waals surface area contributed by atoms with E-state index in [1.54, 1.807) is 0 Å². The molecule has 2 aromatic rings. The van der Waals surface area contributed by atoms with E-state index < -0.39 is 0 Å². The number of piperidine rings is 2. The average molecular weight is 409 g/mol. The molecule has 30 heavy (non-hydrogen) atoms. The van der Waals surface area contributed by atoms with Gasteiger partial charge in [-0.25, -0.2) is 0 Å². The molecule has 4 rings (SSSR count). The van der Waals surface area contributed by atoms with Crippen molar-refractivity contribution < 1.29 is 9.47 Å². The fourth-order valence-corrected chi connectivity index (χ4v) is 4.76. The van der Waals surface area contributed by atoms with E-state index in [-0.39, 0.29) is 5.72 Å². The molecule has 0 aromatic heterocycles. The number of nitrogens with one attached hydrogen (secondary N) is 1. The zero-order valence-corrected chi connectivity index (χ0v) is 18.1. The second-order valence-electron chi connectivity index (χ2n) is 8.80. The van der Waals surface area contributed by atoms with Crippen molar-refractivity contribution in [2.24, 2.45) is 5.92 Å². The van der Waals surface area contributed by atoms with Crippen LogP contribution in [0, 0.1) is 5.92 Å². The Labute approximate surface area is 181 Å². The van der Waals surface area contributed by atoms with Crippen LogP contribution in [-0.4, -0.2) is 43.4 Å². The molecule has 1 N–H and O–H groups in total. The van der Waals surface area contributed by atoms with Gasteiger partial charge in [-0.3, -0.25) is 4.90 Å². The number of hydrogen-bond donors (Lipinski definition) is 1. The van der Waals surface area contributed by atoms with E-state index in [0.717, 1.165) is 38.5 Å². The second kappa shape index (κ2) is 11.1. The fourth-order valence-electron chi connectivity index (χ4n) is 4.76. The highest BCUT2D eigenvalue weighted by Crippen LogP contribution is 2.33. The van der Waals surface area contributed by atoms with Crippen molar-refractivity contribution in [1.29, 1.82) is 0 Å². The highest BCUT2D eigenvalue weighted by molar-refractivity contribution is 5.14. The van der Waals surface area contributed by atoms with Crippen LogP contribution < -0.4 is 5.32 Å². The van der Waals surface area contributed by atoms with Crippen molar-refractivity contribution in [3.63, 3.8) is 0 Å². The van der Waals surface area contributed by atoms with Gasteiger partial charge < -0.3 is 14.8 Å². The Morgan fingerprint density at radius 3 is 2.23 bits per heavy atom. The largest absolute Gasteiger partial charge is 0.372 e. The van der Waals surface area contributed by atoms with E-state index in [1.165, 1.54) is 36.8 Å². The Kier molecular flexibility index (Phi) is 7.93. The number of ether oxygens (including phenoxy) is 2. The van der Waals surface area contributed by atoms with E-state index in [0.29, 0.717) is 19.8 Å². The fraction of sp³-hybridized carbons (Fsp3) is 0.538. The van der Waals surface area contributed by atoms with Crippen LogP contribution in [0.1, 0.15) is 43.2 Å². The van der Waals surface area contributed by atoms with Gasteiger partial charge in [0.05, 0.1) is 19.8 Å². The van der Waals surface area contributed by atoms with Gasteiger partial charge in [0.25, 0.3) is 0 Å². The first kappa shape index (κ1) is 21.5. The van der Waals surface area contributed by atoms with Crippen molar-refractivity contribution >= 4 is 0 Å². The van der Waals surface area contributed by atoms with Crippen molar-refractivity contribution in [1.82, 2.24) is 10.2 Å². The van der Waals surface area contributed by atoms with Gasteiger partial charge in [-0.15, -0.1) is 0 Å². The van der Waals surface area contributed by atoms with Crippen molar-refractivity contribution in [3.8, 4) is 0 Å². The monoisotopic (exact) mass is 408 g/mol. The lowest BCUT2D eigenvalue weighted by Crippen LogP contribution is -2.58. The van der Waals surface area contributed by atoms with Crippen LogP contribution in [0.5, 0.6) is 0 Å². The van der Waals surface area contributed by atoms with E-state index in [4.69, 9.17) is 9.47 Å². The standard InChI is InChI=1S/C26H36N2O2/c1-3-9-24(10-4-1)20-29-22-26(30-21-25-11-5-2-6-12-25)15-7-8-18-28(26)19-23-13-16-27-17-14-23/h1-6,9-12,23,27H,7-8,13-22H2. The molecule has 0 saturated carbocycles. The molecule has 1 atom stereocenters. The maximum absolute atomic E-state index is 6.73. The predicted molar refractivity (Wildman–Crippen MR) is 121 cm³/mol. The number of benzene rings is 2. The van der Waals surface area contributed by atoms with E-state index >= 15 is 0 Å². The number of likely N-dealkylation sites (tertiary alicyclic amines) is 1. The minimum atomic E-state index is -0.326. The lowest BCUT2D eigenvalue weighted by molar-refractivity contribution is -0.218. The zero-order chi connectivity index (χ0) is 20.5. The van der Waals surface area contributed by atoms with E-state index in [9.17, 15) is 0 Å². The summed E-state index contributed by atoms with van der Waals surface area (Å²) in [6.07, 6.45) is 6.01. The lowest BCUT2D eigenvalue weighted by Gasteiger charge is -2.48. The van der Waals surface area contributed by atoms with Gasteiger partial charge in [0, 0.05) is 13.1 Å². The topological polar surface area (TPSA) is 33.7 Å². The molecule has 162 valence electrons. The van der Waals surface area contributed by atoms with Gasteiger partial charge >= 0.3 is 0 Å². The second-order valence-corrected chi connectivity index (χ2v) is 8.80. The van der Waals surface area contributed by atoms with Crippen LogP contribution in [0.15, 0.2) is 60.7 Å². The smallest absolute Gasteiger partial charge is 0.145 e. The van der Waals surface area contributed by atoms with Crippen molar-refractivity contribution in [3.05, 3.63) is 71.8 Å². The third-order valence-corrected chi connectivity index (χ3v) is 6.55. The Morgan fingerprint density at radius 2 is 1.53 bits per heavy atom. The third kappa shape index (κ3) is 5.92. The molecule has 2 aliphatic rings. The quantitative estimate of drug-likeness (QED) is 0.657. The van der Waals surface area contributed by atoms with Crippen molar-refractivity contribution in [2.45, 2.75) is 51.0 Å². The summed E-state index contributed by atoms with van der Waals surface area (Å²) >= 11 is 0. The molecule has 2 heterocycles. The summed E-state index contributed by atoms with van der Waals surface area (Å²) in [5.74, 6) is 0.748. The first-order chi connectivity index (χ1) is 14.8. The molecular formula is C26H36N2O2. The van der Waals surface area contributed by atoms with Gasteiger partial charge in [0.1, 0.15) is 5.72 Å². The maximum atomic E-state index is 6.73. The average Bonchev–Trinajstić information content (AvgIpc) is 2.81. The first-order valence-corrected chi connectivity index (χ1v) is 11.6. The molecular weight excluding hydrogens is 372 g/mol. The summed E-state index contributed by atoms with van der Waals surface area (Å²) in [4.78, 5) is 2.61. The SMILES string of the molecule is c1ccc(COCC2(OCc3ccccc3)CCCCN2CC2CCNCC2)cc1. The predicted octanol–water partition coefficient (Wildman–Crippen LogP) is 4.60. The van der Waals surface area contributed by atoms with Gasteiger partial charge in [-0.05, 0) is 62.2 Å². The highest BCUT2D eigenvalue weighted by Gasteiger charge is 2.41. The summed E-state index contributed by atoms with van der Waals surface area (Å²) in [6.45, 7) is 6.40. The molecule has 2 fully saturated rings. The minimum Gasteiger partial charge on any atom is -0.372 e. The Morgan fingerprint density at radius 1 is 0.867 bits per heavy atom. The van der Waals surface area contributed by atoms with Crippen LogP contribution >= 0.6 is 0 Å². The number of nitrogens with zero attached hydrogens (tertiary/aromatic N) is 1. The number of hydrogen-bond acceptors (Lipinski definition) is 4. The first-order valence-electron chi connectivity index (χ1n) is 11.6. The molecule has 4 heteroatoms. The van der Waals surface area contributed by atoms with Gasteiger partial charge in [-0.1, -0.05) is 60.7 Å². The Bertz CT molecular complexity index is 733. The summed E-state index contributed by atoms with van der Waals surface area (Å²) in [6, 6.07) is 21.0. The molecule has 0 aliphatic carbocycles. The zero-order valence-electron chi connectivity index (χ0n) is 18.1. The summed E-state index contributed by atoms with van der Waals surface area (Å²) < 4.78 is 13.0. The summed E-state index contributed by atoms with van der Waals surface area (Å²) in [5, 5.41) is 3.50. The Hall–Kier alpha value is -1.72. The van der Waals surface area contributed by atoms with E-state index in [2.05, 4.69) is 70.9 Å². The minimum absolute atomic E-state index is 0.326. The molecule has 2 aromatic carbocycles. The van der Waals surface area contributed by atoms with Gasteiger partial charge in [0.2, 0.25) is 0 Å². The normalized spacial score (nSPS) is 23.5. The molecule has 0 amide bonds. The van der Waals surface area contributed by atoms with Crippen LogP contribution in [0.2, 0.25) is 0 Å². The molecule has 0 bridgehead atoms. The van der Waals surface area contributed by atoms with Crippen LogP contribution in [-0.2, 0) is 22.7 Å². The molecule has 2 aliphatic heterocycles. The molecule has 0 spiro atoms. The Balaban J connectivity index is 1.45. The van der Waals surface area contributed by atoms with Crippen LogP contribution in [0.25, 0.3) is 0 Å². The highest BCUT2D eigenvalue weighted by atomic mass is 16.6. The summed E-state index contributed by atoms with van der Waals surface area (Å²) in [5.41, 5.74) is 2.12. The van der Waals surface area contributed by atoms with Gasteiger partial charge in [0.15, 0.2) is 0 Å². The number of rotatable bonds is 9. The van der Waals surface area contributed by atoms with Crippen LogP contribution in [0.3, 0.4) is 0 Å². The van der Waals surface area contributed by atoms with E-state index in [1.807, 2.05) is 0 Å².